The van der Waals surface area contributed by atoms with Crippen LogP contribution in [0.4, 0.5) is 0 Å². The van der Waals surface area contributed by atoms with Crippen molar-refractivity contribution in [2.24, 2.45) is 11.8 Å². The van der Waals surface area contributed by atoms with Crippen LogP contribution in [0, 0.1) is 11.8 Å². The Bertz CT molecular complexity index is 1030. The average molecular weight is 382 g/mol. The Morgan fingerprint density at radius 2 is 1.00 bits per heavy atom. The lowest BCUT2D eigenvalue weighted by molar-refractivity contribution is 0.0616. The number of fused-ring (bicyclic) bond motifs is 8. The molecule has 0 amide bonds. The molecule has 3 heteroatoms. The van der Waals surface area contributed by atoms with Crippen molar-refractivity contribution in [1.29, 1.82) is 0 Å². The van der Waals surface area contributed by atoms with Gasteiger partial charge in [0.05, 0.1) is 26.4 Å². The molecule has 3 nitrogen and oxygen atoms in total. The van der Waals surface area contributed by atoms with Crippen LogP contribution in [0.1, 0.15) is 34.5 Å². The van der Waals surface area contributed by atoms with E-state index in [9.17, 15) is 0 Å². The maximum absolute atomic E-state index is 6.62. The minimum atomic E-state index is 0.00715. The second-order valence-electron chi connectivity index (χ2n) is 7.89. The summed E-state index contributed by atoms with van der Waals surface area (Å²) in [6, 6.07) is 25.5. The van der Waals surface area contributed by atoms with Crippen LogP contribution in [0.25, 0.3) is 11.1 Å². The van der Waals surface area contributed by atoms with Crippen molar-refractivity contribution >= 4 is 11.1 Å². The maximum Gasteiger partial charge on any atom is 0.125 e. The van der Waals surface area contributed by atoms with Crippen LogP contribution >= 0.6 is 0 Å². The molecule has 2 heterocycles. The van der Waals surface area contributed by atoms with Crippen molar-refractivity contribution in [2.75, 3.05) is 14.2 Å². The van der Waals surface area contributed by atoms with Crippen molar-refractivity contribution in [2.45, 2.75) is 12.2 Å². The van der Waals surface area contributed by atoms with Gasteiger partial charge in [0.2, 0.25) is 0 Å². The topological polar surface area (TPSA) is 27.7 Å². The quantitative estimate of drug-likeness (QED) is 0.580. The number of benzene rings is 3. The molecule has 1 fully saturated rings. The summed E-state index contributed by atoms with van der Waals surface area (Å²) in [6.07, 6.45) is 0.0143. The van der Waals surface area contributed by atoms with Gasteiger partial charge in [-0.1, -0.05) is 60.7 Å². The van der Waals surface area contributed by atoms with Crippen LogP contribution in [0.15, 0.2) is 72.8 Å². The Morgan fingerprint density at radius 3 is 1.38 bits per heavy atom. The van der Waals surface area contributed by atoms with Crippen molar-refractivity contribution < 1.29 is 14.2 Å². The molecule has 0 spiro atoms. The molecule has 3 aromatic rings. The van der Waals surface area contributed by atoms with Crippen LogP contribution in [0.5, 0.6) is 11.5 Å². The molecule has 0 aromatic heterocycles. The molecule has 144 valence electrons. The summed E-state index contributed by atoms with van der Waals surface area (Å²) in [7, 11) is 3.46. The van der Waals surface area contributed by atoms with Gasteiger partial charge < -0.3 is 14.2 Å². The van der Waals surface area contributed by atoms with Crippen LogP contribution in [0.2, 0.25) is 0 Å². The van der Waals surface area contributed by atoms with Crippen LogP contribution in [-0.2, 0) is 4.74 Å². The standard InChI is InChI=1S/C26H22O3/c1-27-17-13-14-18(28-2)22-21(17)25-23-19(15-9-5-3-6-10-15)20(24(23)26(22)29-25)16-11-7-4-8-12-16/h3-14,23-26H,1-2H3/t23-,24+,25+,26-. The normalized spacial score (nSPS) is 26.0. The molecule has 3 aliphatic rings. The first-order valence-corrected chi connectivity index (χ1v) is 10.1. The zero-order valence-electron chi connectivity index (χ0n) is 16.5. The van der Waals surface area contributed by atoms with E-state index in [1.54, 1.807) is 14.2 Å². The zero-order chi connectivity index (χ0) is 19.5. The number of hydrogen-bond acceptors (Lipinski definition) is 3. The van der Waals surface area contributed by atoms with E-state index >= 15 is 0 Å². The van der Waals surface area contributed by atoms with Gasteiger partial charge in [-0.25, -0.2) is 0 Å². The van der Waals surface area contributed by atoms with Crippen molar-refractivity contribution in [3.8, 4) is 11.5 Å². The van der Waals surface area contributed by atoms with E-state index in [0.29, 0.717) is 11.8 Å². The molecule has 0 radical (unpaired) electrons. The fourth-order valence-corrected chi connectivity index (χ4v) is 5.59. The van der Waals surface area contributed by atoms with E-state index in [4.69, 9.17) is 14.2 Å². The monoisotopic (exact) mass is 382 g/mol. The second kappa shape index (κ2) is 6.23. The summed E-state index contributed by atoms with van der Waals surface area (Å²) in [5.74, 6) is 2.47. The SMILES string of the molecule is COc1ccc(OC)c2c1[C@H]1O[C@@H]2[C@@H]2C(c3ccccc3)=C(c3ccccc3)[C@@H]21. The van der Waals surface area contributed by atoms with Gasteiger partial charge in [-0.05, 0) is 34.4 Å². The van der Waals surface area contributed by atoms with E-state index in [1.165, 1.54) is 33.4 Å². The largest absolute Gasteiger partial charge is 0.496 e. The molecular formula is C26H22O3. The lowest BCUT2D eigenvalue weighted by Crippen LogP contribution is -2.33. The first-order valence-electron chi connectivity index (χ1n) is 10.1. The highest BCUT2D eigenvalue weighted by Crippen LogP contribution is 2.73. The average Bonchev–Trinajstić information content (AvgIpc) is 3.28. The van der Waals surface area contributed by atoms with E-state index in [2.05, 4.69) is 60.7 Å². The summed E-state index contributed by atoms with van der Waals surface area (Å²) in [6.45, 7) is 0. The molecule has 2 bridgehead atoms. The van der Waals surface area contributed by atoms with Gasteiger partial charge in [-0.2, -0.15) is 0 Å². The van der Waals surface area contributed by atoms with Gasteiger partial charge in [0.25, 0.3) is 0 Å². The minimum absolute atomic E-state index is 0.00715. The third-order valence-electron chi connectivity index (χ3n) is 6.67. The predicted octanol–water partition coefficient (Wildman–Crippen LogP) is 5.69. The Morgan fingerprint density at radius 1 is 0.586 bits per heavy atom. The Hall–Kier alpha value is -3.04. The van der Waals surface area contributed by atoms with Gasteiger partial charge in [0, 0.05) is 23.0 Å². The van der Waals surface area contributed by atoms with Crippen molar-refractivity contribution in [3.63, 3.8) is 0 Å². The highest BCUT2D eigenvalue weighted by Gasteiger charge is 2.62. The first kappa shape index (κ1) is 16.9. The van der Waals surface area contributed by atoms with Gasteiger partial charge in [0.15, 0.2) is 0 Å². The minimum Gasteiger partial charge on any atom is -0.496 e. The lowest BCUT2D eigenvalue weighted by Gasteiger charge is -2.44. The Kier molecular flexibility index (Phi) is 3.62. The highest BCUT2D eigenvalue weighted by atomic mass is 16.5. The molecule has 0 N–H and O–H groups in total. The molecule has 6 rings (SSSR count). The Labute approximate surface area is 170 Å². The summed E-state index contributed by atoms with van der Waals surface area (Å²) in [5, 5.41) is 0. The van der Waals surface area contributed by atoms with Crippen molar-refractivity contribution in [3.05, 3.63) is 95.1 Å². The summed E-state index contributed by atoms with van der Waals surface area (Å²) >= 11 is 0. The molecule has 2 aliphatic heterocycles. The van der Waals surface area contributed by atoms with Crippen LogP contribution < -0.4 is 9.47 Å². The van der Waals surface area contributed by atoms with Gasteiger partial charge in [0.1, 0.15) is 11.5 Å². The Balaban J connectivity index is 1.57. The number of ether oxygens (including phenoxy) is 3. The molecule has 0 saturated carbocycles. The molecule has 3 aromatic carbocycles. The molecule has 29 heavy (non-hydrogen) atoms. The van der Waals surface area contributed by atoms with E-state index in [0.717, 1.165) is 11.5 Å². The molecule has 4 atom stereocenters. The molecule has 1 saturated heterocycles. The number of hydrogen-bond donors (Lipinski definition) is 0. The lowest BCUT2D eigenvalue weighted by atomic mass is 9.57. The summed E-state index contributed by atoms with van der Waals surface area (Å²) < 4.78 is 18.1. The molecular weight excluding hydrogens is 360 g/mol. The smallest absolute Gasteiger partial charge is 0.125 e. The fraction of sp³-hybridized carbons (Fsp3) is 0.231. The van der Waals surface area contributed by atoms with E-state index in [-0.39, 0.29) is 12.2 Å². The second-order valence-corrected chi connectivity index (χ2v) is 7.89. The van der Waals surface area contributed by atoms with Gasteiger partial charge in [-0.3, -0.25) is 0 Å². The summed E-state index contributed by atoms with van der Waals surface area (Å²) in [4.78, 5) is 0. The third kappa shape index (κ3) is 2.16. The zero-order valence-corrected chi connectivity index (χ0v) is 16.5. The number of methoxy groups -OCH3 is 2. The maximum atomic E-state index is 6.62. The van der Waals surface area contributed by atoms with Gasteiger partial charge in [-0.15, -0.1) is 0 Å². The third-order valence-corrected chi connectivity index (χ3v) is 6.67. The van der Waals surface area contributed by atoms with E-state index in [1.807, 2.05) is 12.1 Å². The van der Waals surface area contributed by atoms with Gasteiger partial charge >= 0.3 is 0 Å². The van der Waals surface area contributed by atoms with Crippen LogP contribution in [-0.4, -0.2) is 14.2 Å². The van der Waals surface area contributed by atoms with Crippen LogP contribution in [0.3, 0.4) is 0 Å². The molecule has 0 unspecified atom stereocenters. The fourth-order valence-electron chi connectivity index (χ4n) is 5.59. The first-order chi connectivity index (χ1) is 14.3. The summed E-state index contributed by atoms with van der Waals surface area (Å²) in [5.41, 5.74) is 7.71. The van der Waals surface area contributed by atoms with Crippen molar-refractivity contribution in [1.82, 2.24) is 0 Å². The van der Waals surface area contributed by atoms with E-state index < -0.39 is 0 Å². The highest BCUT2D eigenvalue weighted by molar-refractivity contribution is 6.01. The molecule has 1 aliphatic carbocycles. The predicted molar refractivity (Wildman–Crippen MR) is 113 cm³/mol. The number of rotatable bonds is 4.